The van der Waals surface area contributed by atoms with Gasteiger partial charge in [0.1, 0.15) is 6.54 Å². The molecule has 112 valence electrons. The van der Waals surface area contributed by atoms with E-state index in [9.17, 15) is 14.4 Å². The molecule has 0 aliphatic carbocycles. The van der Waals surface area contributed by atoms with Gasteiger partial charge in [-0.2, -0.15) is 0 Å². The maximum absolute atomic E-state index is 12.0. The largest absolute Gasteiger partial charge is 0.352 e. The summed E-state index contributed by atoms with van der Waals surface area (Å²) >= 11 is 0. The molecule has 1 atom stereocenters. The highest BCUT2D eigenvalue weighted by Gasteiger charge is 2.10. The standard InChI is InChI=1S/C13H22N4O3/c1-3-4-10(2)15-11(18)9-16-7-5-12(19)17(8-6-14)13(16)20/h5,7,10H,3-4,6,8-9,14H2,1-2H3,(H,15,18). The molecule has 7 nitrogen and oxygen atoms in total. The molecule has 1 aromatic rings. The monoisotopic (exact) mass is 282 g/mol. The second kappa shape index (κ2) is 7.64. The topological polar surface area (TPSA) is 99.1 Å². The molecular weight excluding hydrogens is 260 g/mol. The lowest BCUT2D eigenvalue weighted by Gasteiger charge is -2.14. The molecule has 0 aliphatic heterocycles. The number of carbonyl (C=O) groups is 1. The number of nitrogens with one attached hydrogen (secondary N) is 1. The minimum atomic E-state index is -0.513. The molecule has 0 radical (unpaired) electrons. The Bertz CT molecular complexity index is 561. The van der Waals surface area contributed by atoms with Crippen molar-refractivity contribution in [2.75, 3.05) is 6.54 Å². The summed E-state index contributed by atoms with van der Waals surface area (Å²) in [6.07, 6.45) is 3.19. The van der Waals surface area contributed by atoms with E-state index in [4.69, 9.17) is 5.73 Å². The smallest absolute Gasteiger partial charge is 0.331 e. The average Bonchev–Trinajstić information content (AvgIpc) is 2.38. The molecule has 0 aliphatic rings. The molecule has 0 saturated carbocycles. The molecule has 1 heterocycles. The van der Waals surface area contributed by atoms with Crippen molar-refractivity contribution in [2.45, 2.75) is 45.8 Å². The molecule has 1 rings (SSSR count). The van der Waals surface area contributed by atoms with Gasteiger partial charge in [0.15, 0.2) is 0 Å². The van der Waals surface area contributed by atoms with Crippen molar-refractivity contribution in [3.05, 3.63) is 33.1 Å². The van der Waals surface area contributed by atoms with Crippen LogP contribution in [0.4, 0.5) is 0 Å². The first kappa shape index (κ1) is 16.2. The zero-order valence-corrected chi connectivity index (χ0v) is 12.0. The van der Waals surface area contributed by atoms with E-state index >= 15 is 0 Å². The third-order valence-corrected chi connectivity index (χ3v) is 2.94. The number of rotatable bonds is 7. The van der Waals surface area contributed by atoms with Gasteiger partial charge in [0.2, 0.25) is 5.91 Å². The van der Waals surface area contributed by atoms with Crippen LogP contribution < -0.4 is 22.3 Å². The summed E-state index contributed by atoms with van der Waals surface area (Å²) in [5.41, 5.74) is 4.44. The van der Waals surface area contributed by atoms with Crippen LogP contribution in [0.1, 0.15) is 26.7 Å². The molecule has 1 amide bonds. The van der Waals surface area contributed by atoms with Crippen molar-refractivity contribution < 1.29 is 4.79 Å². The zero-order valence-electron chi connectivity index (χ0n) is 12.0. The third kappa shape index (κ3) is 4.34. The highest BCUT2D eigenvalue weighted by Crippen LogP contribution is 1.94. The summed E-state index contributed by atoms with van der Waals surface area (Å²) < 4.78 is 2.24. The number of aromatic nitrogens is 2. The molecule has 20 heavy (non-hydrogen) atoms. The lowest BCUT2D eigenvalue weighted by atomic mass is 10.2. The van der Waals surface area contributed by atoms with E-state index < -0.39 is 11.2 Å². The second-order valence-electron chi connectivity index (χ2n) is 4.76. The van der Waals surface area contributed by atoms with Crippen molar-refractivity contribution in [1.82, 2.24) is 14.5 Å². The van der Waals surface area contributed by atoms with Crippen molar-refractivity contribution >= 4 is 5.91 Å². The first-order valence-corrected chi connectivity index (χ1v) is 6.79. The number of hydrogen-bond donors (Lipinski definition) is 2. The van der Waals surface area contributed by atoms with E-state index in [1.54, 1.807) is 0 Å². The Hall–Kier alpha value is -1.89. The number of nitrogens with zero attached hydrogens (tertiary/aromatic N) is 2. The SMILES string of the molecule is CCCC(C)NC(=O)Cn1ccc(=O)n(CCN)c1=O. The van der Waals surface area contributed by atoms with Crippen molar-refractivity contribution in [1.29, 1.82) is 0 Å². The normalized spacial score (nSPS) is 12.2. The Morgan fingerprint density at radius 3 is 2.75 bits per heavy atom. The fourth-order valence-electron chi connectivity index (χ4n) is 1.99. The quantitative estimate of drug-likeness (QED) is 0.689. The molecule has 1 aromatic heterocycles. The van der Waals surface area contributed by atoms with E-state index in [0.717, 1.165) is 17.4 Å². The predicted molar refractivity (Wildman–Crippen MR) is 76.5 cm³/mol. The highest BCUT2D eigenvalue weighted by molar-refractivity contribution is 5.75. The van der Waals surface area contributed by atoms with Gasteiger partial charge in [0.05, 0.1) is 0 Å². The maximum atomic E-state index is 12.0. The summed E-state index contributed by atoms with van der Waals surface area (Å²) in [6, 6.07) is 1.33. The fraction of sp³-hybridized carbons (Fsp3) is 0.615. The third-order valence-electron chi connectivity index (χ3n) is 2.94. The van der Waals surface area contributed by atoms with Crippen LogP contribution in [-0.4, -0.2) is 27.6 Å². The van der Waals surface area contributed by atoms with Gasteiger partial charge in [-0.3, -0.25) is 18.7 Å². The molecule has 0 spiro atoms. The molecule has 3 N–H and O–H groups in total. The predicted octanol–water partition coefficient (Wildman–Crippen LogP) is -0.726. The maximum Gasteiger partial charge on any atom is 0.331 e. The molecule has 1 unspecified atom stereocenters. The number of hydrogen-bond acceptors (Lipinski definition) is 4. The lowest BCUT2D eigenvalue weighted by Crippen LogP contribution is -2.43. The van der Waals surface area contributed by atoms with E-state index in [0.29, 0.717) is 0 Å². The van der Waals surface area contributed by atoms with Gasteiger partial charge in [-0.15, -0.1) is 0 Å². The summed E-state index contributed by atoms with van der Waals surface area (Å²) in [4.78, 5) is 35.4. The first-order valence-electron chi connectivity index (χ1n) is 6.79. The van der Waals surface area contributed by atoms with Crippen molar-refractivity contribution in [2.24, 2.45) is 5.73 Å². The van der Waals surface area contributed by atoms with Gasteiger partial charge in [-0.1, -0.05) is 13.3 Å². The number of carbonyl (C=O) groups excluding carboxylic acids is 1. The highest BCUT2D eigenvalue weighted by atomic mass is 16.2. The molecule has 0 fully saturated rings. The van der Waals surface area contributed by atoms with Crippen LogP contribution in [0.15, 0.2) is 21.9 Å². The Morgan fingerprint density at radius 1 is 1.45 bits per heavy atom. The molecule has 0 aromatic carbocycles. The van der Waals surface area contributed by atoms with Crippen LogP contribution in [0.25, 0.3) is 0 Å². The van der Waals surface area contributed by atoms with Crippen LogP contribution in [0.5, 0.6) is 0 Å². The van der Waals surface area contributed by atoms with Crippen molar-refractivity contribution in [3.63, 3.8) is 0 Å². The first-order chi connectivity index (χ1) is 9.49. The Labute approximate surface area is 117 Å². The van der Waals surface area contributed by atoms with Gasteiger partial charge in [-0.25, -0.2) is 4.79 Å². The van der Waals surface area contributed by atoms with Crippen LogP contribution in [0.3, 0.4) is 0 Å². The second-order valence-corrected chi connectivity index (χ2v) is 4.76. The van der Waals surface area contributed by atoms with E-state index in [2.05, 4.69) is 5.32 Å². The van der Waals surface area contributed by atoms with Crippen LogP contribution in [0.2, 0.25) is 0 Å². The van der Waals surface area contributed by atoms with E-state index in [1.807, 2.05) is 13.8 Å². The number of amides is 1. The summed E-state index contributed by atoms with van der Waals surface area (Å²) in [5, 5.41) is 2.81. The van der Waals surface area contributed by atoms with Crippen LogP contribution in [-0.2, 0) is 17.9 Å². The molecule has 7 heteroatoms. The molecular formula is C13H22N4O3. The van der Waals surface area contributed by atoms with Crippen LogP contribution >= 0.6 is 0 Å². The van der Waals surface area contributed by atoms with Gasteiger partial charge in [-0.05, 0) is 13.3 Å². The molecule has 0 bridgehead atoms. The lowest BCUT2D eigenvalue weighted by molar-refractivity contribution is -0.122. The Morgan fingerprint density at radius 2 is 2.15 bits per heavy atom. The van der Waals surface area contributed by atoms with E-state index in [1.165, 1.54) is 16.8 Å². The van der Waals surface area contributed by atoms with Gasteiger partial charge >= 0.3 is 5.69 Å². The number of nitrogens with two attached hydrogens (primary N) is 1. The Balaban J connectivity index is 2.83. The van der Waals surface area contributed by atoms with Crippen LogP contribution in [0, 0.1) is 0 Å². The summed E-state index contributed by atoms with van der Waals surface area (Å²) in [6.45, 7) is 4.19. The zero-order chi connectivity index (χ0) is 15.1. The fourth-order valence-corrected chi connectivity index (χ4v) is 1.99. The summed E-state index contributed by atoms with van der Waals surface area (Å²) in [7, 11) is 0. The Kier molecular flexibility index (Phi) is 6.17. The van der Waals surface area contributed by atoms with Gasteiger partial charge < -0.3 is 11.1 Å². The summed E-state index contributed by atoms with van der Waals surface area (Å²) in [5.74, 6) is -0.244. The molecule has 0 saturated heterocycles. The van der Waals surface area contributed by atoms with Gasteiger partial charge in [0, 0.05) is 31.4 Å². The van der Waals surface area contributed by atoms with Crippen molar-refractivity contribution in [3.8, 4) is 0 Å². The average molecular weight is 282 g/mol. The van der Waals surface area contributed by atoms with E-state index in [-0.39, 0.29) is 31.6 Å². The minimum Gasteiger partial charge on any atom is -0.352 e. The van der Waals surface area contributed by atoms with Gasteiger partial charge in [0.25, 0.3) is 5.56 Å². The minimum absolute atomic E-state index is 0.0677.